The average Bonchev–Trinajstić information content (AvgIpc) is 2.55. The molecule has 2 atom stereocenters. The summed E-state index contributed by atoms with van der Waals surface area (Å²) in [6.07, 6.45) is 2.78. The van der Waals surface area contributed by atoms with Crippen molar-refractivity contribution in [3.05, 3.63) is 29.3 Å². The van der Waals surface area contributed by atoms with E-state index in [1.165, 1.54) is 0 Å². The van der Waals surface area contributed by atoms with E-state index in [2.05, 4.69) is 13.8 Å². The molecule has 0 spiro atoms. The van der Waals surface area contributed by atoms with Gasteiger partial charge in [0.2, 0.25) is 11.8 Å². The summed E-state index contributed by atoms with van der Waals surface area (Å²) in [5.74, 6) is 0.315. The topological polar surface area (TPSA) is 72.6 Å². The number of amides is 2. The number of benzene rings is 1. The van der Waals surface area contributed by atoms with E-state index in [1.54, 1.807) is 13.0 Å². The van der Waals surface area contributed by atoms with Gasteiger partial charge < -0.3 is 15.4 Å². The standard InChI is InChI=1S/C19H26N2O3/c1-12-10-15-11-14(18(20)23)4-5-17(15)21(13(2)22)19(12,3)16-6-8-24-9-7-16/h4-5,11-12,16H,6-10H2,1-3H3,(H2,20,23). The molecular formula is C19H26N2O3. The first-order valence-corrected chi connectivity index (χ1v) is 8.67. The first-order chi connectivity index (χ1) is 11.4. The summed E-state index contributed by atoms with van der Waals surface area (Å²) in [4.78, 5) is 26.0. The summed E-state index contributed by atoms with van der Waals surface area (Å²) in [6.45, 7) is 7.55. The minimum absolute atomic E-state index is 0.0450. The maximum absolute atomic E-state index is 12.6. The molecule has 1 fully saturated rings. The van der Waals surface area contributed by atoms with Crippen molar-refractivity contribution in [1.82, 2.24) is 0 Å². The summed E-state index contributed by atoms with van der Waals surface area (Å²) in [7, 11) is 0. The highest BCUT2D eigenvalue weighted by Crippen LogP contribution is 2.47. The summed E-state index contributed by atoms with van der Waals surface area (Å²) in [5.41, 5.74) is 7.62. The quantitative estimate of drug-likeness (QED) is 0.905. The number of anilines is 1. The number of carbonyl (C=O) groups excluding carboxylic acids is 2. The Hall–Kier alpha value is -1.88. The number of nitrogens with zero attached hydrogens (tertiary/aromatic N) is 1. The molecule has 1 aromatic rings. The van der Waals surface area contributed by atoms with Gasteiger partial charge in [0.25, 0.3) is 0 Å². The van der Waals surface area contributed by atoms with E-state index in [-0.39, 0.29) is 11.4 Å². The second-order valence-electron chi connectivity index (χ2n) is 7.28. The largest absolute Gasteiger partial charge is 0.381 e. The van der Waals surface area contributed by atoms with E-state index in [9.17, 15) is 9.59 Å². The molecule has 3 rings (SSSR count). The van der Waals surface area contributed by atoms with Crippen LogP contribution in [0.5, 0.6) is 0 Å². The third-order valence-electron chi connectivity index (χ3n) is 5.97. The van der Waals surface area contributed by atoms with Gasteiger partial charge in [0.15, 0.2) is 0 Å². The number of primary amides is 1. The average molecular weight is 330 g/mol. The highest BCUT2D eigenvalue weighted by atomic mass is 16.5. The zero-order valence-electron chi connectivity index (χ0n) is 14.7. The number of carbonyl (C=O) groups is 2. The lowest BCUT2D eigenvalue weighted by molar-refractivity contribution is -0.119. The lowest BCUT2D eigenvalue weighted by Gasteiger charge is -2.54. The SMILES string of the molecule is CC(=O)N1c2ccc(C(N)=O)cc2CC(C)C1(C)C1CCOCC1. The van der Waals surface area contributed by atoms with Crippen LogP contribution >= 0.6 is 0 Å². The van der Waals surface area contributed by atoms with Gasteiger partial charge in [0.1, 0.15) is 0 Å². The Morgan fingerprint density at radius 1 is 1.29 bits per heavy atom. The molecule has 0 radical (unpaired) electrons. The molecule has 130 valence electrons. The van der Waals surface area contributed by atoms with Crippen molar-refractivity contribution in [2.45, 2.75) is 45.6 Å². The van der Waals surface area contributed by atoms with Crippen molar-refractivity contribution in [3.63, 3.8) is 0 Å². The predicted molar refractivity (Wildman–Crippen MR) is 92.9 cm³/mol. The number of rotatable bonds is 2. The van der Waals surface area contributed by atoms with E-state index in [4.69, 9.17) is 10.5 Å². The third-order valence-corrected chi connectivity index (χ3v) is 5.97. The molecule has 0 saturated carbocycles. The first kappa shape index (κ1) is 17.0. The fourth-order valence-electron chi connectivity index (χ4n) is 4.51. The first-order valence-electron chi connectivity index (χ1n) is 8.67. The normalized spacial score (nSPS) is 27.6. The Labute approximate surface area is 143 Å². The van der Waals surface area contributed by atoms with E-state index in [0.717, 1.165) is 43.7 Å². The molecule has 5 nitrogen and oxygen atoms in total. The lowest BCUT2D eigenvalue weighted by Crippen LogP contribution is -2.61. The summed E-state index contributed by atoms with van der Waals surface area (Å²) in [6, 6.07) is 5.44. The molecule has 0 aromatic heterocycles. The second kappa shape index (κ2) is 6.20. The molecule has 2 heterocycles. The van der Waals surface area contributed by atoms with Crippen molar-refractivity contribution in [2.24, 2.45) is 17.6 Å². The maximum Gasteiger partial charge on any atom is 0.248 e. The predicted octanol–water partition coefficient (Wildman–Crippen LogP) is 2.52. The van der Waals surface area contributed by atoms with Crippen molar-refractivity contribution in [1.29, 1.82) is 0 Å². The molecule has 2 N–H and O–H groups in total. The minimum Gasteiger partial charge on any atom is -0.381 e. The van der Waals surface area contributed by atoms with Crippen LogP contribution in [0.15, 0.2) is 18.2 Å². The number of hydrogen-bond donors (Lipinski definition) is 1. The minimum atomic E-state index is -0.433. The molecule has 2 aliphatic rings. The van der Waals surface area contributed by atoms with Crippen molar-refractivity contribution in [2.75, 3.05) is 18.1 Å². The van der Waals surface area contributed by atoms with Crippen LogP contribution in [0.3, 0.4) is 0 Å². The molecule has 1 saturated heterocycles. The van der Waals surface area contributed by atoms with Gasteiger partial charge in [-0.25, -0.2) is 0 Å². The molecule has 2 aliphatic heterocycles. The van der Waals surface area contributed by atoms with Gasteiger partial charge in [0, 0.05) is 31.4 Å². The van der Waals surface area contributed by atoms with Crippen molar-refractivity contribution >= 4 is 17.5 Å². The highest BCUT2D eigenvalue weighted by molar-refractivity contribution is 5.97. The smallest absolute Gasteiger partial charge is 0.248 e. The van der Waals surface area contributed by atoms with Gasteiger partial charge in [-0.2, -0.15) is 0 Å². The summed E-state index contributed by atoms with van der Waals surface area (Å²) >= 11 is 0. The van der Waals surface area contributed by atoms with Crippen molar-refractivity contribution < 1.29 is 14.3 Å². The zero-order chi connectivity index (χ0) is 17.5. The Morgan fingerprint density at radius 3 is 2.54 bits per heavy atom. The molecule has 24 heavy (non-hydrogen) atoms. The number of ether oxygens (including phenoxy) is 1. The van der Waals surface area contributed by atoms with Gasteiger partial charge >= 0.3 is 0 Å². The number of hydrogen-bond acceptors (Lipinski definition) is 3. The van der Waals surface area contributed by atoms with Crippen molar-refractivity contribution in [3.8, 4) is 0 Å². The van der Waals surface area contributed by atoms with Crippen LogP contribution in [0.25, 0.3) is 0 Å². The molecule has 2 amide bonds. The van der Waals surface area contributed by atoms with Crippen LogP contribution in [0.1, 0.15) is 49.5 Å². The van der Waals surface area contributed by atoms with E-state index < -0.39 is 5.91 Å². The summed E-state index contributed by atoms with van der Waals surface area (Å²) < 4.78 is 5.52. The van der Waals surface area contributed by atoms with Crippen LogP contribution in [0.4, 0.5) is 5.69 Å². The van der Waals surface area contributed by atoms with Gasteiger partial charge in [-0.1, -0.05) is 6.92 Å². The Kier molecular flexibility index (Phi) is 4.38. The Balaban J connectivity index is 2.08. The Morgan fingerprint density at radius 2 is 1.96 bits per heavy atom. The van der Waals surface area contributed by atoms with Gasteiger partial charge in [-0.15, -0.1) is 0 Å². The number of nitrogens with two attached hydrogens (primary N) is 1. The van der Waals surface area contributed by atoms with Crippen LogP contribution in [-0.4, -0.2) is 30.6 Å². The fourth-order valence-corrected chi connectivity index (χ4v) is 4.51. The third kappa shape index (κ3) is 2.61. The van der Waals surface area contributed by atoms with Crippen LogP contribution in [0.2, 0.25) is 0 Å². The van der Waals surface area contributed by atoms with E-state index in [0.29, 0.717) is 17.4 Å². The maximum atomic E-state index is 12.6. The van der Waals surface area contributed by atoms with Gasteiger partial charge in [-0.05, 0) is 61.8 Å². The molecule has 5 heteroatoms. The van der Waals surface area contributed by atoms with E-state index in [1.807, 2.05) is 17.0 Å². The molecule has 1 aromatic carbocycles. The second-order valence-corrected chi connectivity index (χ2v) is 7.28. The molecule has 0 bridgehead atoms. The van der Waals surface area contributed by atoms with Crippen LogP contribution in [-0.2, 0) is 16.0 Å². The summed E-state index contributed by atoms with van der Waals surface area (Å²) in [5, 5.41) is 0. The fraction of sp³-hybridized carbons (Fsp3) is 0.579. The van der Waals surface area contributed by atoms with Gasteiger partial charge in [0.05, 0.1) is 5.54 Å². The molecule has 0 aliphatic carbocycles. The van der Waals surface area contributed by atoms with Gasteiger partial charge in [-0.3, -0.25) is 9.59 Å². The van der Waals surface area contributed by atoms with Crippen LogP contribution in [0, 0.1) is 11.8 Å². The van der Waals surface area contributed by atoms with Crippen LogP contribution < -0.4 is 10.6 Å². The zero-order valence-corrected chi connectivity index (χ0v) is 14.7. The lowest BCUT2D eigenvalue weighted by atomic mass is 9.67. The molecular weight excluding hydrogens is 304 g/mol. The van der Waals surface area contributed by atoms with E-state index >= 15 is 0 Å². The highest BCUT2D eigenvalue weighted by Gasteiger charge is 2.49. The Bertz CT molecular complexity index is 667. The number of fused-ring (bicyclic) bond motifs is 1. The monoisotopic (exact) mass is 330 g/mol. The molecule has 2 unspecified atom stereocenters.